The van der Waals surface area contributed by atoms with Crippen LogP contribution in [-0.4, -0.2) is 24.9 Å². The van der Waals surface area contributed by atoms with E-state index < -0.39 is 0 Å². The van der Waals surface area contributed by atoms with Gasteiger partial charge >= 0.3 is 0 Å². The van der Waals surface area contributed by atoms with E-state index in [1.807, 2.05) is 13.1 Å². The predicted octanol–water partition coefficient (Wildman–Crippen LogP) is 1.71. The summed E-state index contributed by atoms with van der Waals surface area (Å²) in [5.41, 5.74) is 2.16. The minimum Gasteiger partial charge on any atom is -0.244 e. The highest BCUT2D eigenvalue weighted by Crippen LogP contribution is 2.22. The molecular formula is C9H9N5OS. The largest absolute Gasteiger partial charge is 0.244 e. The third kappa shape index (κ3) is 1.32. The standard InChI is InChI=1S/C9H9N5OS/c1-3-7-11-14-4-6(10-9(14)16-7)8-5(2)12-15-13-8/h4H,3H2,1-2H3. The Hall–Kier alpha value is -1.76. The second kappa shape index (κ2) is 3.38. The van der Waals surface area contributed by atoms with Crippen molar-refractivity contribution in [1.82, 2.24) is 24.9 Å². The van der Waals surface area contributed by atoms with Crippen molar-refractivity contribution in [3.8, 4) is 11.4 Å². The average molecular weight is 235 g/mol. The normalized spacial score (nSPS) is 11.4. The van der Waals surface area contributed by atoms with Crippen LogP contribution in [0.25, 0.3) is 16.3 Å². The molecule has 6 nitrogen and oxygen atoms in total. The van der Waals surface area contributed by atoms with Gasteiger partial charge in [0, 0.05) is 0 Å². The van der Waals surface area contributed by atoms with Crippen LogP contribution >= 0.6 is 11.3 Å². The molecule has 16 heavy (non-hydrogen) atoms. The van der Waals surface area contributed by atoms with Crippen LogP contribution in [0.3, 0.4) is 0 Å². The summed E-state index contributed by atoms with van der Waals surface area (Å²) in [5, 5.41) is 13.0. The summed E-state index contributed by atoms with van der Waals surface area (Å²) >= 11 is 1.58. The minimum absolute atomic E-state index is 0.677. The van der Waals surface area contributed by atoms with Gasteiger partial charge in [-0.2, -0.15) is 5.10 Å². The number of nitrogens with zero attached hydrogens (tertiary/aromatic N) is 5. The van der Waals surface area contributed by atoms with E-state index >= 15 is 0 Å². The van der Waals surface area contributed by atoms with Gasteiger partial charge in [-0.15, -0.1) is 0 Å². The van der Waals surface area contributed by atoms with Gasteiger partial charge in [-0.05, 0) is 18.5 Å². The fourth-order valence-electron chi connectivity index (χ4n) is 1.46. The van der Waals surface area contributed by atoms with Gasteiger partial charge < -0.3 is 0 Å². The molecule has 0 unspecified atom stereocenters. The van der Waals surface area contributed by atoms with Gasteiger partial charge in [0.05, 0.1) is 6.20 Å². The highest BCUT2D eigenvalue weighted by atomic mass is 32.1. The summed E-state index contributed by atoms with van der Waals surface area (Å²) < 4.78 is 6.42. The zero-order valence-corrected chi connectivity index (χ0v) is 9.65. The van der Waals surface area contributed by atoms with Crippen molar-refractivity contribution in [3.05, 3.63) is 16.9 Å². The van der Waals surface area contributed by atoms with Crippen LogP contribution < -0.4 is 0 Å². The van der Waals surface area contributed by atoms with Crippen molar-refractivity contribution in [2.45, 2.75) is 20.3 Å². The van der Waals surface area contributed by atoms with Crippen LogP contribution in [-0.2, 0) is 6.42 Å². The molecule has 0 amide bonds. The first-order chi connectivity index (χ1) is 7.78. The highest BCUT2D eigenvalue weighted by Gasteiger charge is 2.14. The van der Waals surface area contributed by atoms with Gasteiger partial charge in [0.1, 0.15) is 16.4 Å². The molecule has 0 saturated heterocycles. The summed E-state index contributed by atoms with van der Waals surface area (Å²) in [6.45, 7) is 3.91. The van der Waals surface area contributed by atoms with Crippen LogP contribution in [0, 0.1) is 6.92 Å². The second-order valence-electron chi connectivity index (χ2n) is 3.40. The van der Waals surface area contributed by atoms with Crippen LogP contribution in [0.5, 0.6) is 0 Å². The first kappa shape index (κ1) is 9.46. The Kier molecular flexibility index (Phi) is 2.00. The molecule has 0 spiro atoms. The summed E-state index contributed by atoms with van der Waals surface area (Å²) in [6.07, 6.45) is 2.77. The Labute approximate surface area is 94.9 Å². The van der Waals surface area contributed by atoms with Crippen molar-refractivity contribution in [2.24, 2.45) is 0 Å². The lowest BCUT2D eigenvalue weighted by Crippen LogP contribution is -1.84. The number of aromatic nitrogens is 5. The molecule has 0 radical (unpaired) electrons. The van der Waals surface area contributed by atoms with Gasteiger partial charge in [-0.25, -0.2) is 14.1 Å². The molecule has 3 rings (SSSR count). The molecule has 0 aromatic carbocycles. The minimum atomic E-state index is 0.677. The number of hydrogen-bond donors (Lipinski definition) is 0. The SMILES string of the molecule is CCc1nn2cc(-c3nonc3C)nc2s1. The topological polar surface area (TPSA) is 69.1 Å². The molecule has 0 atom stereocenters. The molecule has 0 aliphatic heterocycles. The van der Waals surface area contributed by atoms with E-state index in [0.29, 0.717) is 5.69 Å². The fourth-order valence-corrected chi connectivity index (χ4v) is 2.28. The Morgan fingerprint density at radius 3 is 2.94 bits per heavy atom. The summed E-state index contributed by atoms with van der Waals surface area (Å²) in [6, 6.07) is 0. The molecule has 0 bridgehead atoms. The summed E-state index contributed by atoms with van der Waals surface area (Å²) in [7, 11) is 0. The van der Waals surface area contributed by atoms with Crippen molar-refractivity contribution < 1.29 is 4.63 Å². The van der Waals surface area contributed by atoms with Gasteiger partial charge in [0.2, 0.25) is 4.96 Å². The Balaban J connectivity index is 2.13. The zero-order valence-electron chi connectivity index (χ0n) is 8.84. The lowest BCUT2D eigenvalue weighted by molar-refractivity contribution is 0.306. The van der Waals surface area contributed by atoms with Crippen LogP contribution in [0.4, 0.5) is 0 Å². The maximum Gasteiger partial charge on any atom is 0.212 e. The number of imidazole rings is 1. The number of hydrogen-bond acceptors (Lipinski definition) is 6. The third-order valence-electron chi connectivity index (χ3n) is 2.28. The second-order valence-corrected chi connectivity index (χ2v) is 4.44. The van der Waals surface area contributed by atoms with Crippen molar-refractivity contribution in [3.63, 3.8) is 0 Å². The first-order valence-corrected chi connectivity index (χ1v) is 5.74. The van der Waals surface area contributed by atoms with Crippen LogP contribution in [0.1, 0.15) is 17.6 Å². The molecule has 0 N–H and O–H groups in total. The molecule has 3 heterocycles. The molecule has 0 aliphatic rings. The zero-order chi connectivity index (χ0) is 11.1. The van der Waals surface area contributed by atoms with Gasteiger partial charge in [0.25, 0.3) is 0 Å². The number of rotatable bonds is 2. The van der Waals surface area contributed by atoms with Gasteiger partial charge in [-0.1, -0.05) is 23.4 Å². The van der Waals surface area contributed by atoms with Gasteiger partial charge in [0.15, 0.2) is 5.69 Å². The maximum absolute atomic E-state index is 4.65. The molecule has 0 aliphatic carbocycles. The molecule has 3 aromatic heterocycles. The molecular weight excluding hydrogens is 226 g/mol. The van der Waals surface area contributed by atoms with Gasteiger partial charge in [-0.3, -0.25) is 0 Å². The van der Waals surface area contributed by atoms with Crippen LogP contribution in [0.15, 0.2) is 10.8 Å². The first-order valence-electron chi connectivity index (χ1n) is 4.92. The Morgan fingerprint density at radius 2 is 2.31 bits per heavy atom. The Bertz CT molecular complexity index is 606. The lowest BCUT2D eigenvalue weighted by atomic mass is 10.3. The van der Waals surface area contributed by atoms with E-state index in [0.717, 1.165) is 27.8 Å². The smallest absolute Gasteiger partial charge is 0.212 e. The number of fused-ring (bicyclic) bond motifs is 1. The van der Waals surface area contributed by atoms with Crippen LogP contribution in [0.2, 0.25) is 0 Å². The summed E-state index contributed by atoms with van der Waals surface area (Å²) in [5.74, 6) is 0. The lowest BCUT2D eigenvalue weighted by Gasteiger charge is -1.86. The average Bonchev–Trinajstić information content (AvgIpc) is 2.89. The highest BCUT2D eigenvalue weighted by molar-refractivity contribution is 7.16. The van der Waals surface area contributed by atoms with Crippen molar-refractivity contribution in [2.75, 3.05) is 0 Å². The van der Waals surface area contributed by atoms with Crippen molar-refractivity contribution >= 4 is 16.3 Å². The van der Waals surface area contributed by atoms with E-state index in [4.69, 9.17) is 0 Å². The third-order valence-corrected chi connectivity index (χ3v) is 3.35. The monoisotopic (exact) mass is 235 g/mol. The summed E-state index contributed by atoms with van der Waals surface area (Å²) in [4.78, 5) is 5.31. The maximum atomic E-state index is 4.65. The molecule has 3 aromatic rings. The molecule has 7 heteroatoms. The van der Waals surface area contributed by atoms with E-state index in [2.05, 4.69) is 31.9 Å². The quantitative estimate of drug-likeness (QED) is 0.676. The van der Waals surface area contributed by atoms with E-state index in [9.17, 15) is 0 Å². The predicted molar refractivity (Wildman–Crippen MR) is 58.3 cm³/mol. The van der Waals surface area contributed by atoms with E-state index in [1.165, 1.54) is 0 Å². The Morgan fingerprint density at radius 1 is 1.44 bits per heavy atom. The molecule has 82 valence electrons. The number of aryl methyl sites for hydroxylation is 2. The molecule has 0 saturated carbocycles. The molecule has 0 fully saturated rings. The fraction of sp³-hybridized carbons (Fsp3) is 0.333. The van der Waals surface area contributed by atoms with E-state index in [-0.39, 0.29) is 0 Å². The van der Waals surface area contributed by atoms with Crippen molar-refractivity contribution in [1.29, 1.82) is 0 Å². The van der Waals surface area contributed by atoms with E-state index in [1.54, 1.807) is 15.9 Å².